The summed E-state index contributed by atoms with van der Waals surface area (Å²) < 4.78 is 5.17. The van der Waals surface area contributed by atoms with Gasteiger partial charge < -0.3 is 9.53 Å². The Morgan fingerprint density at radius 3 is 3.14 bits per heavy atom. The fraction of sp³-hybridized carbons (Fsp3) is 0.750. The molecule has 1 aliphatic rings. The molecular formula is C8H15N3O3. The fourth-order valence-corrected chi connectivity index (χ4v) is 1.46. The van der Waals surface area contributed by atoms with Gasteiger partial charge in [0.2, 0.25) is 0 Å². The van der Waals surface area contributed by atoms with Gasteiger partial charge in [0, 0.05) is 19.5 Å². The summed E-state index contributed by atoms with van der Waals surface area (Å²) in [5.74, 6) is 4.77. The number of hydrogen-bond donors (Lipinski definition) is 2. The molecule has 1 fully saturated rings. The molecule has 6 nitrogen and oxygen atoms in total. The molecule has 0 spiro atoms. The Morgan fingerprint density at radius 2 is 2.50 bits per heavy atom. The van der Waals surface area contributed by atoms with Crippen LogP contribution in [0.5, 0.6) is 0 Å². The van der Waals surface area contributed by atoms with Gasteiger partial charge in [0.15, 0.2) is 0 Å². The van der Waals surface area contributed by atoms with Crippen molar-refractivity contribution in [1.29, 1.82) is 0 Å². The minimum atomic E-state index is -0.367. The number of nitrogens with two attached hydrogens (primary N) is 1. The predicted molar refractivity (Wildman–Crippen MR) is 49.2 cm³/mol. The molecule has 1 rings (SSSR count). The summed E-state index contributed by atoms with van der Waals surface area (Å²) in [6.45, 7) is 2.16. The van der Waals surface area contributed by atoms with Crippen LogP contribution in [0.2, 0.25) is 0 Å². The molecule has 1 atom stereocenters. The first-order chi connectivity index (χ1) is 6.79. The zero-order valence-corrected chi connectivity index (χ0v) is 7.94. The van der Waals surface area contributed by atoms with Crippen molar-refractivity contribution in [2.75, 3.05) is 26.3 Å². The lowest BCUT2D eigenvalue weighted by atomic mass is 10.2. The highest BCUT2D eigenvalue weighted by Crippen LogP contribution is 2.06. The summed E-state index contributed by atoms with van der Waals surface area (Å²) in [7, 11) is 0. The zero-order chi connectivity index (χ0) is 10.4. The number of rotatable bonds is 4. The largest absolute Gasteiger partial charge is 0.378 e. The lowest BCUT2D eigenvalue weighted by molar-refractivity contribution is -0.133. The molecule has 1 amide bonds. The van der Waals surface area contributed by atoms with Crippen LogP contribution in [-0.2, 0) is 14.3 Å². The number of hydrazine groups is 1. The maximum Gasteiger partial charge on any atom is 0.253 e. The number of nitrogens with one attached hydrogen (secondary N) is 1. The highest BCUT2D eigenvalue weighted by Gasteiger charge is 2.28. The lowest BCUT2D eigenvalue weighted by Gasteiger charge is -2.33. The second-order valence-corrected chi connectivity index (χ2v) is 3.09. The number of carbonyl (C=O) groups excluding carboxylic acids is 2. The molecular weight excluding hydrogens is 186 g/mol. The highest BCUT2D eigenvalue weighted by molar-refractivity contribution is 5.81. The van der Waals surface area contributed by atoms with Gasteiger partial charge in [0.1, 0.15) is 12.3 Å². The van der Waals surface area contributed by atoms with Crippen LogP contribution in [0.15, 0.2) is 0 Å². The molecule has 80 valence electrons. The lowest BCUT2D eigenvalue weighted by Crippen LogP contribution is -2.55. The summed E-state index contributed by atoms with van der Waals surface area (Å²) in [5, 5.41) is 0. The topological polar surface area (TPSA) is 84.7 Å². The summed E-state index contributed by atoms with van der Waals surface area (Å²) in [6.07, 6.45) is 1.27. The van der Waals surface area contributed by atoms with E-state index < -0.39 is 0 Å². The van der Waals surface area contributed by atoms with Gasteiger partial charge in [-0.3, -0.25) is 15.1 Å². The van der Waals surface area contributed by atoms with Crippen molar-refractivity contribution in [1.82, 2.24) is 10.3 Å². The van der Waals surface area contributed by atoms with E-state index in [1.807, 2.05) is 4.90 Å². The standard InChI is InChI=1S/C8H15N3O3/c9-10-8(13)7-6-14-5-3-11(7)2-1-4-12/h4,7H,1-3,5-6,9H2,(H,10,13). The first-order valence-corrected chi connectivity index (χ1v) is 4.55. The van der Waals surface area contributed by atoms with Crippen LogP contribution in [0.25, 0.3) is 0 Å². The smallest absolute Gasteiger partial charge is 0.253 e. The number of aldehydes is 1. The van der Waals surface area contributed by atoms with Crippen LogP contribution >= 0.6 is 0 Å². The summed E-state index contributed by atoms with van der Waals surface area (Å²) in [5.41, 5.74) is 2.09. The van der Waals surface area contributed by atoms with Gasteiger partial charge in [-0.2, -0.15) is 0 Å². The van der Waals surface area contributed by atoms with Crippen molar-refractivity contribution < 1.29 is 14.3 Å². The van der Waals surface area contributed by atoms with E-state index in [4.69, 9.17) is 10.6 Å². The van der Waals surface area contributed by atoms with Crippen molar-refractivity contribution in [3.8, 4) is 0 Å². The molecule has 1 heterocycles. The van der Waals surface area contributed by atoms with Crippen LogP contribution in [-0.4, -0.2) is 49.4 Å². The minimum Gasteiger partial charge on any atom is -0.378 e. The van der Waals surface area contributed by atoms with E-state index in [-0.39, 0.29) is 11.9 Å². The van der Waals surface area contributed by atoms with E-state index >= 15 is 0 Å². The Morgan fingerprint density at radius 1 is 1.71 bits per heavy atom. The maximum absolute atomic E-state index is 11.3. The van der Waals surface area contributed by atoms with E-state index in [9.17, 15) is 9.59 Å². The van der Waals surface area contributed by atoms with Gasteiger partial charge in [0.05, 0.1) is 13.2 Å². The summed E-state index contributed by atoms with van der Waals surface area (Å²) in [6, 6.07) is -0.367. The molecule has 0 aromatic rings. The molecule has 3 N–H and O–H groups in total. The Bertz CT molecular complexity index is 210. The number of ether oxygens (including phenoxy) is 1. The molecule has 0 saturated carbocycles. The zero-order valence-electron chi connectivity index (χ0n) is 7.94. The molecule has 1 aliphatic heterocycles. The molecule has 0 bridgehead atoms. The van der Waals surface area contributed by atoms with Crippen molar-refractivity contribution in [3.63, 3.8) is 0 Å². The number of hydrogen-bond acceptors (Lipinski definition) is 5. The first kappa shape index (κ1) is 11.1. The van der Waals surface area contributed by atoms with Crippen LogP contribution in [0, 0.1) is 0 Å². The quantitative estimate of drug-likeness (QED) is 0.244. The van der Waals surface area contributed by atoms with E-state index in [0.29, 0.717) is 32.7 Å². The third-order valence-corrected chi connectivity index (χ3v) is 2.22. The van der Waals surface area contributed by atoms with Crippen molar-refractivity contribution >= 4 is 12.2 Å². The third-order valence-electron chi connectivity index (χ3n) is 2.22. The van der Waals surface area contributed by atoms with Gasteiger partial charge >= 0.3 is 0 Å². The predicted octanol–water partition coefficient (Wildman–Crippen LogP) is -1.73. The Labute approximate surface area is 82.3 Å². The fourth-order valence-electron chi connectivity index (χ4n) is 1.46. The second kappa shape index (κ2) is 5.69. The van der Waals surface area contributed by atoms with E-state index in [2.05, 4.69) is 5.43 Å². The highest BCUT2D eigenvalue weighted by atomic mass is 16.5. The van der Waals surface area contributed by atoms with Crippen molar-refractivity contribution in [3.05, 3.63) is 0 Å². The number of nitrogens with zero attached hydrogens (tertiary/aromatic N) is 1. The molecule has 1 saturated heterocycles. The molecule has 14 heavy (non-hydrogen) atoms. The molecule has 0 aliphatic carbocycles. The molecule has 0 radical (unpaired) electrons. The molecule has 0 aromatic heterocycles. The molecule has 1 unspecified atom stereocenters. The van der Waals surface area contributed by atoms with Crippen molar-refractivity contribution in [2.45, 2.75) is 12.5 Å². The first-order valence-electron chi connectivity index (χ1n) is 4.55. The number of amides is 1. The van der Waals surface area contributed by atoms with Gasteiger partial charge in [-0.25, -0.2) is 5.84 Å². The Kier molecular flexibility index (Phi) is 4.51. The van der Waals surface area contributed by atoms with Crippen LogP contribution in [0.1, 0.15) is 6.42 Å². The normalized spacial score (nSPS) is 23.1. The third kappa shape index (κ3) is 2.76. The Balaban J connectivity index is 2.49. The van der Waals surface area contributed by atoms with Gasteiger partial charge in [-0.05, 0) is 0 Å². The number of morpholine rings is 1. The second-order valence-electron chi connectivity index (χ2n) is 3.09. The average molecular weight is 201 g/mol. The summed E-state index contributed by atoms with van der Waals surface area (Å²) in [4.78, 5) is 23.4. The maximum atomic E-state index is 11.3. The van der Waals surface area contributed by atoms with Crippen LogP contribution < -0.4 is 11.3 Å². The van der Waals surface area contributed by atoms with E-state index in [0.717, 1.165) is 6.29 Å². The average Bonchev–Trinajstić information content (AvgIpc) is 2.25. The van der Waals surface area contributed by atoms with Crippen molar-refractivity contribution in [2.24, 2.45) is 5.84 Å². The minimum absolute atomic E-state index is 0.268. The molecule has 0 aromatic carbocycles. The van der Waals surface area contributed by atoms with E-state index in [1.165, 1.54) is 0 Å². The molecule has 6 heteroatoms. The van der Waals surface area contributed by atoms with Gasteiger partial charge in [-0.1, -0.05) is 0 Å². The monoisotopic (exact) mass is 201 g/mol. The SMILES string of the molecule is NNC(=O)C1COCCN1CCC=O. The van der Waals surface area contributed by atoms with E-state index in [1.54, 1.807) is 0 Å². The van der Waals surface area contributed by atoms with Gasteiger partial charge in [-0.15, -0.1) is 0 Å². The van der Waals surface area contributed by atoms with Crippen LogP contribution in [0.4, 0.5) is 0 Å². The summed E-state index contributed by atoms with van der Waals surface area (Å²) >= 11 is 0. The number of carbonyl (C=O) groups is 2. The Hall–Kier alpha value is -0.980. The van der Waals surface area contributed by atoms with Gasteiger partial charge in [0.25, 0.3) is 5.91 Å². The van der Waals surface area contributed by atoms with Crippen LogP contribution in [0.3, 0.4) is 0 Å².